The fourth-order valence-electron chi connectivity index (χ4n) is 2.44. The molecule has 0 bridgehead atoms. The molecule has 0 aliphatic rings. The maximum atomic E-state index is 12.7. The quantitative estimate of drug-likeness (QED) is 0.486. The molecule has 2 aromatic rings. The fourth-order valence-corrected chi connectivity index (χ4v) is 3.37. The van der Waals surface area contributed by atoms with E-state index in [9.17, 15) is 8.78 Å². The molecule has 0 amide bonds. The number of aromatic nitrogens is 1. The summed E-state index contributed by atoms with van der Waals surface area (Å²) in [6.07, 6.45) is 0.784. The predicted molar refractivity (Wildman–Crippen MR) is 108 cm³/mol. The molecule has 0 atom stereocenters. The first-order valence-electron chi connectivity index (χ1n) is 8.99. The first-order chi connectivity index (χ1) is 13.4. The molecule has 1 aromatic carbocycles. The van der Waals surface area contributed by atoms with E-state index in [1.807, 2.05) is 13.8 Å². The van der Waals surface area contributed by atoms with Crippen LogP contribution in [-0.4, -0.2) is 37.8 Å². The molecule has 2 rings (SSSR count). The van der Waals surface area contributed by atoms with Crippen molar-refractivity contribution in [3.63, 3.8) is 0 Å². The second-order valence-electron chi connectivity index (χ2n) is 5.97. The molecule has 0 saturated carbocycles. The van der Waals surface area contributed by atoms with E-state index < -0.39 is 6.61 Å². The van der Waals surface area contributed by atoms with Crippen molar-refractivity contribution in [2.75, 3.05) is 20.2 Å². The Labute approximate surface area is 168 Å². The SMILES string of the molecule is CCNC(=NCc1ccc(OC)cc1OC(F)F)NCCc1nc(C)c(C)s1. The Balaban J connectivity index is 2.02. The summed E-state index contributed by atoms with van der Waals surface area (Å²) in [5.74, 6) is 1.11. The summed E-state index contributed by atoms with van der Waals surface area (Å²) in [7, 11) is 1.47. The normalized spacial score (nSPS) is 11.6. The van der Waals surface area contributed by atoms with Gasteiger partial charge in [-0.3, -0.25) is 0 Å². The highest BCUT2D eigenvalue weighted by molar-refractivity contribution is 7.11. The maximum absolute atomic E-state index is 12.7. The third kappa shape index (κ3) is 6.63. The number of hydrogen-bond donors (Lipinski definition) is 2. The Hall–Kier alpha value is -2.42. The van der Waals surface area contributed by atoms with E-state index in [4.69, 9.17) is 4.74 Å². The van der Waals surface area contributed by atoms with Gasteiger partial charge in [-0.15, -0.1) is 11.3 Å². The molecule has 9 heteroatoms. The number of alkyl halides is 2. The minimum Gasteiger partial charge on any atom is -0.497 e. The highest BCUT2D eigenvalue weighted by Crippen LogP contribution is 2.27. The van der Waals surface area contributed by atoms with Gasteiger partial charge in [-0.05, 0) is 32.9 Å². The first-order valence-corrected chi connectivity index (χ1v) is 9.81. The molecule has 1 heterocycles. The molecule has 0 fully saturated rings. The van der Waals surface area contributed by atoms with Gasteiger partial charge < -0.3 is 20.1 Å². The van der Waals surface area contributed by atoms with Gasteiger partial charge in [0.05, 0.1) is 24.4 Å². The Morgan fingerprint density at radius 3 is 2.68 bits per heavy atom. The van der Waals surface area contributed by atoms with Crippen LogP contribution in [-0.2, 0) is 13.0 Å². The van der Waals surface area contributed by atoms with Crippen LogP contribution < -0.4 is 20.1 Å². The number of nitrogens with zero attached hydrogens (tertiary/aromatic N) is 2. The number of ether oxygens (including phenoxy) is 2. The molecule has 154 valence electrons. The smallest absolute Gasteiger partial charge is 0.387 e. The number of benzene rings is 1. The zero-order chi connectivity index (χ0) is 20.5. The maximum Gasteiger partial charge on any atom is 0.387 e. The molecule has 28 heavy (non-hydrogen) atoms. The van der Waals surface area contributed by atoms with E-state index in [-0.39, 0.29) is 12.3 Å². The molecule has 0 saturated heterocycles. The number of hydrogen-bond acceptors (Lipinski definition) is 5. The van der Waals surface area contributed by atoms with Gasteiger partial charge in [0.25, 0.3) is 0 Å². The van der Waals surface area contributed by atoms with Crippen molar-refractivity contribution in [2.24, 2.45) is 4.99 Å². The van der Waals surface area contributed by atoms with Gasteiger partial charge in [0, 0.05) is 36.0 Å². The molecule has 0 spiro atoms. The second kappa shape index (κ2) is 10.8. The lowest BCUT2D eigenvalue weighted by Gasteiger charge is -2.13. The lowest BCUT2D eigenvalue weighted by molar-refractivity contribution is -0.0505. The van der Waals surface area contributed by atoms with Crippen LogP contribution in [0.15, 0.2) is 23.2 Å². The van der Waals surface area contributed by atoms with Crippen LogP contribution in [0.5, 0.6) is 11.5 Å². The largest absolute Gasteiger partial charge is 0.497 e. The number of aliphatic imine (C=N–C) groups is 1. The average Bonchev–Trinajstić information content (AvgIpc) is 2.97. The molecule has 2 N–H and O–H groups in total. The molecule has 1 aromatic heterocycles. The van der Waals surface area contributed by atoms with Crippen molar-refractivity contribution >= 4 is 17.3 Å². The number of halogens is 2. The van der Waals surface area contributed by atoms with Crippen molar-refractivity contribution in [1.29, 1.82) is 0 Å². The van der Waals surface area contributed by atoms with Gasteiger partial charge in [0.1, 0.15) is 11.5 Å². The summed E-state index contributed by atoms with van der Waals surface area (Å²) in [4.78, 5) is 10.2. The van der Waals surface area contributed by atoms with E-state index in [2.05, 4.69) is 32.3 Å². The summed E-state index contributed by atoms with van der Waals surface area (Å²) in [5, 5.41) is 7.46. The van der Waals surface area contributed by atoms with Crippen LogP contribution in [0.25, 0.3) is 0 Å². The molecule has 0 radical (unpaired) electrons. The molecule has 6 nitrogen and oxygen atoms in total. The summed E-state index contributed by atoms with van der Waals surface area (Å²) in [6, 6.07) is 4.80. The Morgan fingerprint density at radius 1 is 1.29 bits per heavy atom. The lowest BCUT2D eigenvalue weighted by atomic mass is 10.2. The average molecular weight is 413 g/mol. The van der Waals surface area contributed by atoms with Gasteiger partial charge in [-0.25, -0.2) is 9.98 Å². The van der Waals surface area contributed by atoms with Crippen LogP contribution in [0, 0.1) is 13.8 Å². The number of aryl methyl sites for hydroxylation is 2. The number of guanidine groups is 1. The fraction of sp³-hybridized carbons (Fsp3) is 0.474. The number of methoxy groups -OCH3 is 1. The third-order valence-corrected chi connectivity index (χ3v) is 5.08. The van der Waals surface area contributed by atoms with Crippen LogP contribution in [0.4, 0.5) is 8.78 Å². The molecule has 0 unspecified atom stereocenters. The number of nitrogens with one attached hydrogen (secondary N) is 2. The van der Waals surface area contributed by atoms with E-state index in [1.54, 1.807) is 23.5 Å². The minimum atomic E-state index is -2.91. The van der Waals surface area contributed by atoms with E-state index in [0.717, 1.165) is 17.1 Å². The highest BCUT2D eigenvalue weighted by atomic mass is 32.1. The van der Waals surface area contributed by atoms with Gasteiger partial charge in [0.15, 0.2) is 5.96 Å². The Kier molecular flexibility index (Phi) is 8.43. The standard InChI is InChI=1S/C19H26F2N4O2S/c1-5-22-19(23-9-8-17-25-12(2)13(3)28-17)24-11-14-6-7-15(26-4)10-16(14)27-18(20)21/h6-7,10,18H,5,8-9,11H2,1-4H3,(H2,22,23,24). The van der Waals surface area contributed by atoms with Gasteiger partial charge in [0.2, 0.25) is 0 Å². The van der Waals surface area contributed by atoms with Crippen molar-refractivity contribution in [3.8, 4) is 11.5 Å². The summed E-state index contributed by atoms with van der Waals surface area (Å²) >= 11 is 1.69. The molecule has 0 aliphatic carbocycles. The second-order valence-corrected chi connectivity index (χ2v) is 7.26. The molecular weight excluding hydrogens is 386 g/mol. The van der Waals surface area contributed by atoms with Crippen molar-refractivity contribution in [3.05, 3.63) is 39.3 Å². The van der Waals surface area contributed by atoms with Crippen LogP contribution in [0.2, 0.25) is 0 Å². The first kappa shape index (κ1) is 21.9. The molecular formula is C19H26F2N4O2S. The van der Waals surface area contributed by atoms with E-state index in [0.29, 0.717) is 30.4 Å². The van der Waals surface area contributed by atoms with Gasteiger partial charge in [-0.2, -0.15) is 8.78 Å². The summed E-state index contributed by atoms with van der Waals surface area (Å²) < 4.78 is 35.0. The minimum absolute atomic E-state index is 0.0580. The molecule has 0 aliphatic heterocycles. The van der Waals surface area contributed by atoms with E-state index in [1.165, 1.54) is 18.1 Å². The number of rotatable bonds is 9. The number of thiazole rings is 1. The predicted octanol–water partition coefficient (Wildman–Crippen LogP) is 3.67. The van der Waals surface area contributed by atoms with Gasteiger partial charge in [-0.1, -0.05) is 0 Å². The monoisotopic (exact) mass is 412 g/mol. The summed E-state index contributed by atoms with van der Waals surface area (Å²) in [5.41, 5.74) is 1.61. The van der Waals surface area contributed by atoms with E-state index >= 15 is 0 Å². The zero-order valence-electron chi connectivity index (χ0n) is 16.5. The summed E-state index contributed by atoms with van der Waals surface area (Å²) in [6.45, 7) is 4.66. The highest BCUT2D eigenvalue weighted by Gasteiger charge is 2.11. The third-order valence-electron chi connectivity index (χ3n) is 3.95. The van der Waals surface area contributed by atoms with Crippen LogP contribution in [0.1, 0.15) is 28.1 Å². The van der Waals surface area contributed by atoms with Crippen molar-refractivity contribution in [2.45, 2.75) is 40.3 Å². The van der Waals surface area contributed by atoms with Crippen molar-refractivity contribution in [1.82, 2.24) is 15.6 Å². The Bertz CT molecular complexity index is 777. The van der Waals surface area contributed by atoms with Crippen LogP contribution >= 0.6 is 11.3 Å². The van der Waals surface area contributed by atoms with Gasteiger partial charge >= 0.3 is 6.61 Å². The topological polar surface area (TPSA) is 67.8 Å². The van der Waals surface area contributed by atoms with Crippen LogP contribution in [0.3, 0.4) is 0 Å². The Morgan fingerprint density at radius 2 is 2.07 bits per heavy atom. The lowest BCUT2D eigenvalue weighted by Crippen LogP contribution is -2.38. The zero-order valence-corrected chi connectivity index (χ0v) is 17.3. The van der Waals surface area contributed by atoms with Crippen molar-refractivity contribution < 1.29 is 18.3 Å².